The first-order valence-corrected chi connectivity index (χ1v) is 7.91. The van der Waals surface area contributed by atoms with Crippen LogP contribution >= 0.6 is 0 Å². The van der Waals surface area contributed by atoms with E-state index in [1.165, 1.54) is 31.5 Å². The van der Waals surface area contributed by atoms with Crippen molar-refractivity contribution in [2.45, 2.75) is 71.6 Å². The largest absolute Gasteiger partial charge is 0.474 e. The normalized spacial score (nSPS) is 23.1. The second-order valence-electron chi connectivity index (χ2n) is 7.14. The minimum Gasteiger partial charge on any atom is -0.474 e. The van der Waals surface area contributed by atoms with Crippen molar-refractivity contribution in [1.29, 1.82) is 0 Å². The Balaban J connectivity index is 2.10. The summed E-state index contributed by atoms with van der Waals surface area (Å²) in [5, 5.41) is 3.37. The van der Waals surface area contributed by atoms with Crippen molar-refractivity contribution < 1.29 is 9.13 Å². The molecule has 1 aliphatic carbocycles. The van der Waals surface area contributed by atoms with E-state index in [-0.39, 0.29) is 17.5 Å². The molecule has 0 radical (unpaired) electrons. The molecular formula is C17H27FN2O. The van der Waals surface area contributed by atoms with E-state index < -0.39 is 0 Å². The maximum absolute atomic E-state index is 13.5. The van der Waals surface area contributed by atoms with Gasteiger partial charge in [0.2, 0.25) is 5.88 Å². The minimum absolute atomic E-state index is 0.0261. The van der Waals surface area contributed by atoms with Crippen LogP contribution < -0.4 is 10.1 Å². The molecule has 0 aromatic carbocycles. The molecule has 3 nitrogen and oxygen atoms in total. The monoisotopic (exact) mass is 294 g/mol. The van der Waals surface area contributed by atoms with E-state index in [9.17, 15) is 4.39 Å². The van der Waals surface area contributed by atoms with Gasteiger partial charge in [-0.2, -0.15) is 0 Å². The van der Waals surface area contributed by atoms with Gasteiger partial charge in [0.05, 0.1) is 6.20 Å². The van der Waals surface area contributed by atoms with Crippen LogP contribution in [0.2, 0.25) is 0 Å². The van der Waals surface area contributed by atoms with Crippen molar-refractivity contribution in [2.75, 3.05) is 0 Å². The third-order valence-electron chi connectivity index (χ3n) is 4.00. The molecule has 2 rings (SSSR count). The van der Waals surface area contributed by atoms with Crippen LogP contribution in [0.15, 0.2) is 12.3 Å². The lowest BCUT2D eigenvalue weighted by Gasteiger charge is -2.30. The van der Waals surface area contributed by atoms with Crippen molar-refractivity contribution in [3.63, 3.8) is 0 Å². The van der Waals surface area contributed by atoms with E-state index in [0.717, 1.165) is 12.0 Å². The highest BCUT2D eigenvalue weighted by atomic mass is 19.1. The van der Waals surface area contributed by atoms with Crippen molar-refractivity contribution in [3.05, 3.63) is 23.6 Å². The van der Waals surface area contributed by atoms with Gasteiger partial charge in [0.25, 0.3) is 0 Å². The first-order chi connectivity index (χ1) is 9.85. The van der Waals surface area contributed by atoms with E-state index >= 15 is 0 Å². The topological polar surface area (TPSA) is 34.1 Å². The minimum atomic E-state index is -0.315. The lowest BCUT2D eigenvalue weighted by molar-refractivity contribution is 0.0959. The van der Waals surface area contributed by atoms with E-state index in [1.54, 1.807) is 0 Å². The van der Waals surface area contributed by atoms with Crippen molar-refractivity contribution in [3.8, 4) is 5.88 Å². The number of hydrogen-bond donors (Lipinski definition) is 1. The van der Waals surface area contributed by atoms with Crippen LogP contribution in [-0.2, 0) is 6.54 Å². The number of halogens is 1. The molecule has 118 valence electrons. The standard InChI is InChI=1S/C17H27FN2O/c1-12-7-5-6-8-15(12)21-16-13(9-14(18)11-19-16)10-20-17(2,3)4/h9,11-12,15,20H,5-8,10H2,1-4H3. The van der Waals surface area contributed by atoms with Crippen molar-refractivity contribution in [1.82, 2.24) is 10.3 Å². The number of ether oxygens (including phenoxy) is 1. The summed E-state index contributed by atoms with van der Waals surface area (Å²) in [6, 6.07) is 1.52. The summed E-state index contributed by atoms with van der Waals surface area (Å²) in [5.41, 5.74) is 0.768. The molecule has 0 amide bonds. The highest BCUT2D eigenvalue weighted by Gasteiger charge is 2.24. The Kier molecular flexibility index (Phi) is 5.20. The second-order valence-corrected chi connectivity index (χ2v) is 7.14. The Morgan fingerprint density at radius 2 is 2.05 bits per heavy atom. The zero-order chi connectivity index (χ0) is 15.5. The number of nitrogens with one attached hydrogen (secondary N) is 1. The summed E-state index contributed by atoms with van der Waals surface area (Å²) in [4.78, 5) is 4.17. The van der Waals surface area contributed by atoms with E-state index in [4.69, 9.17) is 4.74 Å². The summed E-state index contributed by atoms with van der Waals surface area (Å²) in [5.74, 6) is 0.797. The fourth-order valence-corrected chi connectivity index (χ4v) is 2.66. The third-order valence-corrected chi connectivity index (χ3v) is 4.00. The van der Waals surface area contributed by atoms with Crippen LogP contribution in [0.1, 0.15) is 58.9 Å². The maximum Gasteiger partial charge on any atom is 0.218 e. The van der Waals surface area contributed by atoms with Gasteiger partial charge in [0.15, 0.2) is 0 Å². The quantitative estimate of drug-likeness (QED) is 0.909. The molecule has 1 N–H and O–H groups in total. The van der Waals surface area contributed by atoms with Gasteiger partial charge in [-0.3, -0.25) is 0 Å². The van der Waals surface area contributed by atoms with Gasteiger partial charge in [-0.05, 0) is 52.0 Å². The molecule has 2 atom stereocenters. The highest BCUT2D eigenvalue weighted by Crippen LogP contribution is 2.29. The molecule has 1 saturated carbocycles. The average molecular weight is 294 g/mol. The predicted molar refractivity (Wildman–Crippen MR) is 82.8 cm³/mol. The summed E-state index contributed by atoms with van der Waals surface area (Å²) >= 11 is 0. The Bertz CT molecular complexity index is 470. The smallest absolute Gasteiger partial charge is 0.218 e. The molecular weight excluding hydrogens is 267 g/mol. The van der Waals surface area contributed by atoms with Crippen LogP contribution in [0, 0.1) is 11.7 Å². The first-order valence-electron chi connectivity index (χ1n) is 7.91. The summed E-state index contributed by atoms with van der Waals surface area (Å²) in [6.45, 7) is 9.04. The van der Waals surface area contributed by atoms with Gasteiger partial charge in [0, 0.05) is 17.6 Å². The van der Waals surface area contributed by atoms with Crippen LogP contribution in [0.4, 0.5) is 4.39 Å². The molecule has 21 heavy (non-hydrogen) atoms. The number of hydrogen-bond acceptors (Lipinski definition) is 3. The molecule has 0 spiro atoms. The van der Waals surface area contributed by atoms with Gasteiger partial charge >= 0.3 is 0 Å². The molecule has 0 saturated heterocycles. The SMILES string of the molecule is CC1CCCCC1Oc1ncc(F)cc1CNC(C)(C)C. The highest BCUT2D eigenvalue weighted by molar-refractivity contribution is 5.26. The van der Waals surface area contributed by atoms with Crippen LogP contribution in [-0.4, -0.2) is 16.6 Å². The first kappa shape index (κ1) is 16.2. The van der Waals surface area contributed by atoms with Crippen LogP contribution in [0.25, 0.3) is 0 Å². The van der Waals surface area contributed by atoms with E-state index in [2.05, 4.69) is 38.0 Å². The Labute approximate surface area is 127 Å². The molecule has 1 fully saturated rings. The molecule has 4 heteroatoms. The predicted octanol–water partition coefficient (Wildman–Crippen LogP) is 4.07. The summed E-state index contributed by atoms with van der Waals surface area (Å²) in [6.07, 6.45) is 6.17. The fourth-order valence-electron chi connectivity index (χ4n) is 2.66. The lowest BCUT2D eigenvalue weighted by atomic mass is 9.88. The number of aromatic nitrogens is 1. The summed E-state index contributed by atoms with van der Waals surface area (Å²) in [7, 11) is 0. The van der Waals surface area contributed by atoms with Crippen LogP contribution in [0.5, 0.6) is 5.88 Å². The van der Waals surface area contributed by atoms with Crippen molar-refractivity contribution in [2.24, 2.45) is 5.92 Å². The van der Waals surface area contributed by atoms with Crippen LogP contribution in [0.3, 0.4) is 0 Å². The van der Waals surface area contributed by atoms with Gasteiger partial charge in [-0.25, -0.2) is 9.37 Å². The third kappa shape index (κ3) is 4.95. The zero-order valence-electron chi connectivity index (χ0n) is 13.6. The maximum atomic E-state index is 13.5. The Hall–Kier alpha value is -1.16. The fraction of sp³-hybridized carbons (Fsp3) is 0.706. The lowest BCUT2D eigenvalue weighted by Crippen LogP contribution is -2.35. The zero-order valence-corrected chi connectivity index (χ0v) is 13.6. The van der Waals surface area contributed by atoms with Gasteiger partial charge in [0.1, 0.15) is 11.9 Å². The molecule has 1 aromatic rings. The van der Waals surface area contributed by atoms with Crippen molar-refractivity contribution >= 4 is 0 Å². The molecule has 0 aliphatic heterocycles. The number of rotatable bonds is 4. The van der Waals surface area contributed by atoms with Gasteiger partial charge < -0.3 is 10.1 Å². The van der Waals surface area contributed by atoms with E-state index in [1.807, 2.05) is 0 Å². The molecule has 0 bridgehead atoms. The molecule has 1 heterocycles. The molecule has 2 unspecified atom stereocenters. The Morgan fingerprint density at radius 1 is 1.33 bits per heavy atom. The summed E-state index contributed by atoms with van der Waals surface area (Å²) < 4.78 is 19.6. The second kappa shape index (κ2) is 6.73. The average Bonchev–Trinajstić information content (AvgIpc) is 2.40. The van der Waals surface area contributed by atoms with E-state index in [0.29, 0.717) is 18.3 Å². The molecule has 1 aromatic heterocycles. The molecule has 1 aliphatic rings. The van der Waals surface area contributed by atoms with Gasteiger partial charge in [-0.15, -0.1) is 0 Å². The number of nitrogens with zero attached hydrogens (tertiary/aromatic N) is 1. The Morgan fingerprint density at radius 3 is 2.71 bits per heavy atom. The van der Waals surface area contributed by atoms with Gasteiger partial charge in [-0.1, -0.05) is 13.3 Å². The number of pyridine rings is 1.